The fraction of sp³-hybridized carbons (Fsp3) is 0.280. The number of thioether (sulfide) groups is 1. The fourth-order valence-corrected chi connectivity index (χ4v) is 5.63. The summed E-state index contributed by atoms with van der Waals surface area (Å²) in [4.78, 5) is 71.3. The largest absolute Gasteiger partial charge is 0.508 e. The second-order valence-electron chi connectivity index (χ2n) is 8.91. The average Bonchev–Trinajstić information content (AvgIpc) is 3.28. The van der Waals surface area contributed by atoms with Crippen LogP contribution in [0.4, 0.5) is 21.0 Å². The maximum absolute atomic E-state index is 13.1. The molecular weight excluding hydrogens is 580 g/mol. The number of carbonyl (C=O) groups is 4. The van der Waals surface area contributed by atoms with Crippen molar-refractivity contribution in [2.45, 2.75) is 31.6 Å². The topological polar surface area (TPSA) is 221 Å². The summed E-state index contributed by atoms with van der Waals surface area (Å²) in [6.45, 7) is 0.568. The number of fused-ring (bicyclic) bond motifs is 1. The predicted molar refractivity (Wildman–Crippen MR) is 141 cm³/mol. The molecule has 4 rings (SSSR count). The highest BCUT2D eigenvalue weighted by Gasteiger charge is 2.59. The highest BCUT2D eigenvalue weighted by Crippen LogP contribution is 2.51. The molecule has 1 fully saturated rings. The van der Waals surface area contributed by atoms with Crippen molar-refractivity contribution in [1.29, 1.82) is 0 Å². The van der Waals surface area contributed by atoms with Crippen molar-refractivity contribution in [2.24, 2.45) is 11.7 Å². The molecule has 1 saturated heterocycles. The Kier molecular flexibility index (Phi) is 8.90. The van der Waals surface area contributed by atoms with Gasteiger partial charge in [-0.2, -0.15) is 0 Å². The lowest BCUT2D eigenvalue weighted by Gasteiger charge is -2.44. The van der Waals surface area contributed by atoms with Crippen molar-refractivity contribution >= 4 is 47.3 Å². The van der Waals surface area contributed by atoms with E-state index in [1.807, 2.05) is 0 Å². The molecule has 42 heavy (non-hydrogen) atoms. The Bertz CT molecular complexity index is 1460. The third-order valence-electron chi connectivity index (χ3n) is 6.20. The molecule has 220 valence electrons. The number of esters is 1. The number of hydrogen-bond acceptors (Lipinski definition) is 13. The van der Waals surface area contributed by atoms with E-state index in [0.29, 0.717) is 11.1 Å². The second kappa shape index (κ2) is 12.5. The van der Waals surface area contributed by atoms with E-state index in [-0.39, 0.29) is 35.2 Å². The normalized spacial score (nSPS) is 17.9. The zero-order valence-corrected chi connectivity index (χ0v) is 22.5. The molecule has 2 N–H and O–H groups in total. The first kappa shape index (κ1) is 29.8. The van der Waals surface area contributed by atoms with Gasteiger partial charge in [-0.3, -0.25) is 29.9 Å². The number of primary amides is 1. The molecule has 0 aromatic heterocycles. The number of hydrogen-bond donors (Lipinski definition) is 1. The van der Waals surface area contributed by atoms with E-state index in [9.17, 15) is 39.4 Å². The van der Waals surface area contributed by atoms with Crippen molar-refractivity contribution in [2.75, 3.05) is 6.61 Å². The maximum atomic E-state index is 13.1. The Labute approximate surface area is 240 Å². The standard InChI is InChI=1S/C25H22N4O12S/c1-13(41-25(33)40-11-15-4-8-17(9-5-15)29(36)37)19-21(30)27-20(18(42-22(19)27)12-39-24(26)32)23(31)38-10-14-2-6-16(7-3-14)28(34)35/h2-9,13,19,22H,10-12H2,1H3,(H2,26,32)/t13-,19+,22-/m1/s1. The van der Waals surface area contributed by atoms with Crippen molar-refractivity contribution in [3.05, 3.63) is 90.5 Å². The van der Waals surface area contributed by atoms with E-state index in [4.69, 9.17) is 24.7 Å². The Morgan fingerprint density at radius 1 is 0.905 bits per heavy atom. The number of rotatable bonds is 11. The summed E-state index contributed by atoms with van der Waals surface area (Å²) in [5, 5.41) is 20.9. The van der Waals surface area contributed by atoms with Gasteiger partial charge in [-0.1, -0.05) is 11.8 Å². The first-order chi connectivity index (χ1) is 20.0. The summed E-state index contributed by atoms with van der Waals surface area (Å²) < 4.78 is 20.5. The van der Waals surface area contributed by atoms with Crippen LogP contribution in [0.3, 0.4) is 0 Å². The van der Waals surface area contributed by atoms with Crippen LogP contribution in [0.1, 0.15) is 18.1 Å². The first-order valence-corrected chi connectivity index (χ1v) is 13.0. The molecule has 2 amide bonds. The van der Waals surface area contributed by atoms with Gasteiger partial charge in [-0.15, -0.1) is 0 Å². The van der Waals surface area contributed by atoms with Crippen LogP contribution in [0.2, 0.25) is 0 Å². The van der Waals surface area contributed by atoms with Gasteiger partial charge >= 0.3 is 18.2 Å². The Morgan fingerprint density at radius 3 is 1.93 bits per heavy atom. The second-order valence-corrected chi connectivity index (χ2v) is 10.1. The van der Waals surface area contributed by atoms with E-state index in [1.54, 1.807) is 0 Å². The number of nitrogens with two attached hydrogens (primary N) is 1. The van der Waals surface area contributed by atoms with Gasteiger partial charge in [0.1, 0.15) is 42.9 Å². The monoisotopic (exact) mass is 602 g/mol. The molecule has 16 nitrogen and oxygen atoms in total. The fourth-order valence-electron chi connectivity index (χ4n) is 4.12. The zero-order chi connectivity index (χ0) is 30.6. The number of nitro groups is 2. The maximum Gasteiger partial charge on any atom is 0.508 e. The van der Waals surface area contributed by atoms with Crippen molar-refractivity contribution in [3.63, 3.8) is 0 Å². The van der Waals surface area contributed by atoms with Gasteiger partial charge in [0, 0.05) is 24.3 Å². The van der Waals surface area contributed by atoms with Crippen LogP contribution >= 0.6 is 11.8 Å². The van der Waals surface area contributed by atoms with E-state index in [1.165, 1.54) is 55.5 Å². The van der Waals surface area contributed by atoms with E-state index >= 15 is 0 Å². The molecule has 3 atom stereocenters. The van der Waals surface area contributed by atoms with Crippen molar-refractivity contribution < 1.29 is 48.0 Å². The number of nitro benzene ring substituents is 2. The number of carbonyl (C=O) groups excluding carboxylic acids is 4. The van der Waals surface area contributed by atoms with E-state index in [0.717, 1.165) is 16.7 Å². The molecule has 2 aliphatic rings. The van der Waals surface area contributed by atoms with Crippen LogP contribution < -0.4 is 5.73 Å². The Morgan fingerprint density at radius 2 is 1.43 bits per heavy atom. The summed E-state index contributed by atoms with van der Waals surface area (Å²) in [7, 11) is 0. The molecule has 0 bridgehead atoms. The third-order valence-corrected chi connectivity index (χ3v) is 7.54. The molecule has 0 unspecified atom stereocenters. The van der Waals surface area contributed by atoms with Gasteiger partial charge < -0.3 is 24.7 Å². The molecule has 2 aromatic carbocycles. The van der Waals surface area contributed by atoms with Crippen LogP contribution in [-0.4, -0.2) is 57.0 Å². The van der Waals surface area contributed by atoms with Crippen LogP contribution in [0.15, 0.2) is 59.1 Å². The number of benzene rings is 2. The van der Waals surface area contributed by atoms with E-state index in [2.05, 4.69) is 0 Å². The average molecular weight is 603 g/mol. The third kappa shape index (κ3) is 6.57. The van der Waals surface area contributed by atoms with Gasteiger partial charge in [0.2, 0.25) is 5.91 Å². The predicted octanol–water partition coefficient (Wildman–Crippen LogP) is 3.13. The van der Waals surface area contributed by atoms with Crippen LogP contribution in [-0.2, 0) is 41.8 Å². The minimum Gasteiger partial charge on any atom is -0.456 e. The number of β-lactam (4-membered cyclic amide) rings is 1. The highest BCUT2D eigenvalue weighted by molar-refractivity contribution is 8.04. The van der Waals surface area contributed by atoms with Gasteiger partial charge in [-0.05, 0) is 42.3 Å². The molecule has 0 spiro atoms. The molecular formula is C25H22N4O12S. The zero-order valence-electron chi connectivity index (χ0n) is 21.7. The molecule has 0 radical (unpaired) electrons. The van der Waals surface area contributed by atoms with Crippen molar-refractivity contribution in [3.8, 4) is 0 Å². The summed E-state index contributed by atoms with van der Waals surface area (Å²) in [5.74, 6) is -2.35. The lowest BCUT2D eigenvalue weighted by atomic mass is 9.92. The number of ether oxygens (including phenoxy) is 4. The first-order valence-electron chi connectivity index (χ1n) is 12.1. The van der Waals surface area contributed by atoms with Gasteiger partial charge in [0.15, 0.2) is 0 Å². The summed E-state index contributed by atoms with van der Waals surface area (Å²) in [5.41, 5.74) is 5.55. The summed E-state index contributed by atoms with van der Waals surface area (Å²) in [6, 6.07) is 10.7. The molecule has 0 saturated carbocycles. The molecule has 0 aliphatic carbocycles. The van der Waals surface area contributed by atoms with Gasteiger partial charge in [-0.25, -0.2) is 14.4 Å². The number of nitrogens with zero attached hydrogens (tertiary/aromatic N) is 3. The quantitative estimate of drug-likeness (QED) is 0.129. The Hall–Kier alpha value is -5.19. The van der Waals surface area contributed by atoms with Crippen LogP contribution in [0.25, 0.3) is 0 Å². The summed E-state index contributed by atoms with van der Waals surface area (Å²) >= 11 is 1.04. The van der Waals surface area contributed by atoms with Crippen molar-refractivity contribution in [1.82, 2.24) is 4.90 Å². The smallest absolute Gasteiger partial charge is 0.456 e. The summed E-state index contributed by atoms with van der Waals surface area (Å²) in [6.07, 6.45) is -3.17. The SMILES string of the molecule is C[C@@H](OC(=O)OCc1ccc([N+](=O)[O-])cc1)[C@H]1C(=O)N2C(C(=O)OCc3ccc([N+](=O)[O-])cc3)=C(COC(N)=O)S[C@H]12. The van der Waals surface area contributed by atoms with Gasteiger partial charge in [0.25, 0.3) is 11.4 Å². The minimum atomic E-state index is -1.11. The number of amides is 2. The minimum absolute atomic E-state index is 0.124. The van der Waals surface area contributed by atoms with Gasteiger partial charge in [0.05, 0.1) is 14.8 Å². The lowest BCUT2D eigenvalue weighted by molar-refractivity contribution is -0.385. The molecule has 17 heteroatoms. The Balaban J connectivity index is 1.37. The van der Waals surface area contributed by atoms with E-state index < -0.39 is 58.0 Å². The highest BCUT2D eigenvalue weighted by atomic mass is 32.2. The molecule has 2 heterocycles. The van der Waals surface area contributed by atoms with Crippen LogP contribution in [0, 0.1) is 26.1 Å². The van der Waals surface area contributed by atoms with Crippen LogP contribution in [0.5, 0.6) is 0 Å². The lowest BCUT2D eigenvalue weighted by Crippen LogP contribution is -2.61. The molecule has 2 aromatic rings. The molecule has 2 aliphatic heterocycles. The number of non-ortho nitro benzene ring substituents is 2.